The van der Waals surface area contributed by atoms with Crippen molar-refractivity contribution in [3.8, 4) is 6.07 Å². The van der Waals surface area contributed by atoms with Gasteiger partial charge < -0.3 is 5.73 Å². The highest BCUT2D eigenvalue weighted by atomic mass is 35.5. The van der Waals surface area contributed by atoms with Crippen LogP contribution in [0.5, 0.6) is 0 Å². The number of halogens is 1. The average molecular weight is 316 g/mol. The highest BCUT2D eigenvalue weighted by molar-refractivity contribution is 7.89. The number of hydrogen-bond donors (Lipinski definition) is 1. The van der Waals surface area contributed by atoms with Crippen molar-refractivity contribution in [1.29, 1.82) is 5.26 Å². The van der Waals surface area contributed by atoms with Crippen molar-refractivity contribution in [3.05, 3.63) is 29.3 Å². The molecule has 0 spiro atoms. The maximum absolute atomic E-state index is 12.6. The lowest BCUT2D eigenvalue weighted by atomic mass is 10.1. The fourth-order valence-electron chi connectivity index (χ4n) is 2.23. The average Bonchev–Trinajstić information content (AvgIpc) is 2.71. The van der Waals surface area contributed by atoms with Crippen LogP contribution in [0.1, 0.15) is 18.1 Å². The van der Waals surface area contributed by atoms with Crippen LogP contribution in [0.25, 0.3) is 0 Å². The molecule has 0 bridgehead atoms. The number of sulfonamides is 1. The van der Waals surface area contributed by atoms with Crippen molar-refractivity contribution in [3.63, 3.8) is 0 Å². The predicted octanol–water partition coefficient (Wildman–Crippen LogP) is 1.26. The van der Waals surface area contributed by atoms with Gasteiger partial charge in [-0.05, 0) is 30.5 Å². The molecule has 0 saturated carbocycles. The van der Waals surface area contributed by atoms with Gasteiger partial charge in [0.25, 0.3) is 0 Å². The molecule has 7 heteroatoms. The molecule has 1 saturated heterocycles. The van der Waals surface area contributed by atoms with Gasteiger partial charge in [0.05, 0.1) is 16.5 Å². The molecule has 20 heavy (non-hydrogen) atoms. The van der Waals surface area contributed by atoms with Crippen LogP contribution in [0.4, 0.5) is 0 Å². The molecule has 110 valence electrons. The quantitative estimate of drug-likeness (QED) is 0.890. The van der Waals surface area contributed by atoms with E-state index in [9.17, 15) is 8.42 Å². The first-order chi connectivity index (χ1) is 8.86. The first-order valence-corrected chi connectivity index (χ1v) is 7.56. The summed E-state index contributed by atoms with van der Waals surface area (Å²) in [5.74, 6) is 0.147. The Morgan fingerprint density at radius 2 is 2.05 bits per heavy atom. The lowest BCUT2D eigenvalue weighted by molar-refractivity contribution is 0.464. The zero-order valence-corrected chi connectivity index (χ0v) is 13.0. The number of benzene rings is 1. The minimum Gasteiger partial charge on any atom is -0.326 e. The molecular weight excluding hydrogens is 298 g/mol. The third-order valence-electron chi connectivity index (χ3n) is 3.57. The molecule has 2 rings (SSSR count). The van der Waals surface area contributed by atoms with Gasteiger partial charge >= 0.3 is 0 Å². The molecule has 2 unspecified atom stereocenters. The normalized spacial score (nSPS) is 23.1. The Kier molecular flexibility index (Phi) is 5.16. The van der Waals surface area contributed by atoms with Crippen LogP contribution in [-0.2, 0) is 10.0 Å². The molecule has 0 aliphatic carbocycles. The van der Waals surface area contributed by atoms with Crippen LogP contribution < -0.4 is 5.73 Å². The van der Waals surface area contributed by atoms with Gasteiger partial charge in [-0.1, -0.05) is 13.0 Å². The molecule has 1 heterocycles. The van der Waals surface area contributed by atoms with Gasteiger partial charge in [-0.3, -0.25) is 0 Å². The third kappa shape index (κ3) is 2.96. The topological polar surface area (TPSA) is 87.2 Å². The van der Waals surface area contributed by atoms with E-state index < -0.39 is 10.0 Å². The highest BCUT2D eigenvalue weighted by Crippen LogP contribution is 2.26. The third-order valence-corrected chi connectivity index (χ3v) is 5.55. The van der Waals surface area contributed by atoms with Crippen LogP contribution in [-0.4, -0.2) is 31.9 Å². The van der Waals surface area contributed by atoms with Gasteiger partial charge in [-0.15, -0.1) is 12.4 Å². The van der Waals surface area contributed by atoms with E-state index in [1.165, 1.54) is 10.4 Å². The Balaban J connectivity index is 0.00000200. The summed E-state index contributed by atoms with van der Waals surface area (Å²) in [5.41, 5.74) is 6.87. The molecule has 0 radical (unpaired) electrons. The Bertz CT molecular complexity index is 630. The Morgan fingerprint density at radius 3 is 2.55 bits per heavy atom. The van der Waals surface area contributed by atoms with Crippen molar-refractivity contribution in [2.24, 2.45) is 11.7 Å². The van der Waals surface area contributed by atoms with E-state index in [0.29, 0.717) is 24.2 Å². The minimum absolute atomic E-state index is 0. The second-order valence-electron chi connectivity index (χ2n) is 5.06. The molecule has 5 nitrogen and oxygen atoms in total. The molecule has 0 amide bonds. The Morgan fingerprint density at radius 1 is 1.40 bits per heavy atom. The summed E-state index contributed by atoms with van der Waals surface area (Å²) < 4.78 is 26.6. The lowest BCUT2D eigenvalue weighted by Gasteiger charge is -2.17. The van der Waals surface area contributed by atoms with Crippen molar-refractivity contribution >= 4 is 22.4 Å². The van der Waals surface area contributed by atoms with Gasteiger partial charge in [0.15, 0.2) is 0 Å². The van der Waals surface area contributed by atoms with Gasteiger partial charge in [-0.2, -0.15) is 9.57 Å². The number of hydrogen-bond acceptors (Lipinski definition) is 4. The van der Waals surface area contributed by atoms with E-state index in [1.54, 1.807) is 19.1 Å². The molecule has 1 aliphatic rings. The van der Waals surface area contributed by atoms with E-state index in [4.69, 9.17) is 11.0 Å². The molecular formula is C13H18ClN3O2S. The summed E-state index contributed by atoms with van der Waals surface area (Å²) in [6, 6.07) is 6.54. The highest BCUT2D eigenvalue weighted by Gasteiger charge is 2.36. The molecule has 1 aliphatic heterocycles. The summed E-state index contributed by atoms with van der Waals surface area (Å²) >= 11 is 0. The van der Waals surface area contributed by atoms with Gasteiger partial charge in [0, 0.05) is 19.1 Å². The summed E-state index contributed by atoms with van der Waals surface area (Å²) in [6.07, 6.45) is 0. The standard InChI is InChI=1S/C13H17N3O2S.ClH/c1-9-3-4-11(6-14)5-13(9)19(17,18)16-7-10(2)12(15)8-16;/h3-5,10,12H,7-8,15H2,1-2H3;1H. The number of rotatable bonds is 2. The Hall–Kier alpha value is -1.13. The smallest absolute Gasteiger partial charge is 0.243 e. The number of nitrogens with two attached hydrogens (primary N) is 1. The molecule has 0 aromatic heterocycles. The van der Waals surface area contributed by atoms with E-state index in [-0.39, 0.29) is 29.3 Å². The maximum atomic E-state index is 12.6. The largest absolute Gasteiger partial charge is 0.326 e. The summed E-state index contributed by atoms with van der Waals surface area (Å²) in [7, 11) is -3.57. The second kappa shape index (κ2) is 6.10. The van der Waals surface area contributed by atoms with E-state index in [1.807, 2.05) is 13.0 Å². The van der Waals surface area contributed by atoms with Gasteiger partial charge in [0.2, 0.25) is 10.0 Å². The zero-order chi connectivity index (χ0) is 14.2. The number of aryl methyl sites for hydroxylation is 1. The van der Waals surface area contributed by atoms with Crippen LogP contribution in [0.2, 0.25) is 0 Å². The van der Waals surface area contributed by atoms with Crippen LogP contribution in [0, 0.1) is 24.2 Å². The monoisotopic (exact) mass is 315 g/mol. The van der Waals surface area contributed by atoms with Crippen LogP contribution in [0.3, 0.4) is 0 Å². The first kappa shape index (κ1) is 16.9. The number of nitrogens with zero attached hydrogens (tertiary/aromatic N) is 2. The minimum atomic E-state index is -3.57. The summed E-state index contributed by atoms with van der Waals surface area (Å²) in [4.78, 5) is 0.202. The fraction of sp³-hybridized carbons (Fsp3) is 0.462. The van der Waals surface area contributed by atoms with Crippen LogP contribution >= 0.6 is 12.4 Å². The predicted molar refractivity (Wildman–Crippen MR) is 79.0 cm³/mol. The van der Waals surface area contributed by atoms with E-state index in [0.717, 1.165) is 0 Å². The summed E-state index contributed by atoms with van der Waals surface area (Å²) in [5, 5.41) is 8.89. The van der Waals surface area contributed by atoms with Crippen molar-refractivity contribution < 1.29 is 8.42 Å². The van der Waals surface area contributed by atoms with E-state index in [2.05, 4.69) is 0 Å². The lowest BCUT2D eigenvalue weighted by Crippen LogP contribution is -2.32. The van der Waals surface area contributed by atoms with Crippen molar-refractivity contribution in [1.82, 2.24) is 4.31 Å². The van der Waals surface area contributed by atoms with E-state index >= 15 is 0 Å². The molecule has 1 aromatic carbocycles. The molecule has 2 atom stereocenters. The molecule has 1 aromatic rings. The van der Waals surface area contributed by atoms with Crippen LogP contribution in [0.15, 0.2) is 23.1 Å². The maximum Gasteiger partial charge on any atom is 0.243 e. The van der Waals surface area contributed by atoms with Crippen molar-refractivity contribution in [2.45, 2.75) is 24.8 Å². The second-order valence-corrected chi connectivity index (χ2v) is 6.96. The first-order valence-electron chi connectivity index (χ1n) is 6.12. The zero-order valence-electron chi connectivity index (χ0n) is 11.4. The van der Waals surface area contributed by atoms with Gasteiger partial charge in [0.1, 0.15) is 0 Å². The van der Waals surface area contributed by atoms with Gasteiger partial charge in [-0.25, -0.2) is 8.42 Å². The Labute approximate surface area is 125 Å². The number of nitriles is 1. The fourth-order valence-corrected chi connectivity index (χ4v) is 4.06. The molecule has 2 N–H and O–H groups in total. The molecule has 1 fully saturated rings. The van der Waals surface area contributed by atoms with Crippen molar-refractivity contribution in [2.75, 3.05) is 13.1 Å². The summed E-state index contributed by atoms with van der Waals surface area (Å²) in [6.45, 7) is 4.44. The SMILES string of the molecule is Cc1ccc(C#N)cc1S(=O)(=O)N1CC(C)C(N)C1.Cl.